The number of piperidine rings is 1. The molecule has 1 aliphatic rings. The molecule has 1 atom stereocenters. The number of carbonyl (C=O) groups excluding carboxylic acids is 1. The number of carbonyl (C=O) groups is 1. The van der Waals surface area contributed by atoms with Crippen LogP contribution in [0, 0.1) is 5.92 Å². The van der Waals surface area contributed by atoms with Gasteiger partial charge in [-0.25, -0.2) is 8.42 Å². The molecule has 2 heterocycles. The van der Waals surface area contributed by atoms with E-state index in [1.54, 1.807) is 23.2 Å². The molecule has 0 N–H and O–H groups in total. The summed E-state index contributed by atoms with van der Waals surface area (Å²) in [5, 5.41) is -0.436. The molecule has 0 saturated carbocycles. The zero-order valence-electron chi connectivity index (χ0n) is 12.5. The molecular weight excluding hydrogens is 288 g/mol. The van der Waals surface area contributed by atoms with E-state index >= 15 is 0 Å². The molecular formula is C15H22N2O3S. The Hall–Kier alpha value is -1.43. The predicted molar refractivity (Wildman–Crippen MR) is 81.8 cm³/mol. The summed E-state index contributed by atoms with van der Waals surface area (Å²) in [6, 6.07) is 3.42. The van der Waals surface area contributed by atoms with Crippen molar-refractivity contribution in [2.45, 2.75) is 31.9 Å². The fourth-order valence-corrected chi connectivity index (χ4v) is 4.82. The molecule has 1 aromatic rings. The van der Waals surface area contributed by atoms with Gasteiger partial charge in [0.25, 0.3) is 5.91 Å². The van der Waals surface area contributed by atoms with Crippen LogP contribution in [0.3, 0.4) is 0 Å². The Labute approximate surface area is 126 Å². The second-order valence-corrected chi connectivity index (χ2v) is 8.31. The second kappa shape index (κ2) is 6.56. The predicted octanol–water partition coefficient (Wildman–Crippen LogP) is 1.76. The molecule has 1 amide bonds. The van der Waals surface area contributed by atoms with E-state index in [9.17, 15) is 13.2 Å². The number of sulfone groups is 1. The van der Waals surface area contributed by atoms with Gasteiger partial charge in [0.1, 0.15) is 0 Å². The maximum Gasteiger partial charge on any atom is 0.255 e. The second-order valence-electron chi connectivity index (χ2n) is 5.98. The zero-order valence-corrected chi connectivity index (χ0v) is 13.3. The van der Waals surface area contributed by atoms with Gasteiger partial charge in [0.05, 0.1) is 16.6 Å². The first kappa shape index (κ1) is 15.9. The Morgan fingerprint density at radius 2 is 2.24 bits per heavy atom. The topological polar surface area (TPSA) is 67.3 Å². The van der Waals surface area contributed by atoms with Gasteiger partial charge < -0.3 is 4.90 Å². The fourth-order valence-electron chi connectivity index (χ4n) is 2.69. The van der Waals surface area contributed by atoms with E-state index in [0.29, 0.717) is 25.1 Å². The smallest absolute Gasteiger partial charge is 0.255 e. The van der Waals surface area contributed by atoms with Gasteiger partial charge in [-0.2, -0.15) is 0 Å². The summed E-state index contributed by atoms with van der Waals surface area (Å²) in [5.74, 6) is 0.166. The minimum atomic E-state index is -3.14. The molecule has 6 heteroatoms. The molecule has 0 aromatic carbocycles. The monoisotopic (exact) mass is 310 g/mol. The zero-order chi connectivity index (χ0) is 15.5. The Kier molecular flexibility index (Phi) is 4.98. The minimum Gasteiger partial charge on any atom is -0.337 e. The largest absolute Gasteiger partial charge is 0.337 e. The van der Waals surface area contributed by atoms with Crippen LogP contribution < -0.4 is 0 Å². The number of hydrogen-bond donors (Lipinski definition) is 0. The molecule has 1 aromatic heterocycles. The van der Waals surface area contributed by atoms with E-state index in [1.807, 2.05) is 13.8 Å². The van der Waals surface area contributed by atoms with Crippen LogP contribution in [-0.2, 0) is 9.84 Å². The van der Waals surface area contributed by atoms with Crippen molar-refractivity contribution in [3.05, 3.63) is 30.1 Å². The molecule has 116 valence electrons. The van der Waals surface area contributed by atoms with Gasteiger partial charge in [0, 0.05) is 25.5 Å². The maximum absolute atomic E-state index is 12.4. The normalized spacial score (nSPS) is 19.8. The van der Waals surface area contributed by atoms with Crippen molar-refractivity contribution in [2.24, 2.45) is 5.92 Å². The van der Waals surface area contributed by atoms with Crippen LogP contribution in [0.15, 0.2) is 24.5 Å². The van der Waals surface area contributed by atoms with Crippen LogP contribution in [-0.4, -0.2) is 48.3 Å². The van der Waals surface area contributed by atoms with Gasteiger partial charge in [-0.3, -0.25) is 9.78 Å². The number of likely N-dealkylation sites (tertiary alicyclic amines) is 1. The lowest BCUT2D eigenvalue weighted by Crippen LogP contribution is -2.46. The van der Waals surface area contributed by atoms with Crippen LogP contribution in [0.2, 0.25) is 0 Å². The van der Waals surface area contributed by atoms with E-state index in [1.165, 1.54) is 6.20 Å². The van der Waals surface area contributed by atoms with Crippen molar-refractivity contribution in [1.82, 2.24) is 9.88 Å². The third kappa shape index (κ3) is 4.03. The number of rotatable bonds is 4. The lowest BCUT2D eigenvalue weighted by atomic mass is 10.1. The third-order valence-electron chi connectivity index (χ3n) is 3.65. The molecule has 5 nitrogen and oxygen atoms in total. The molecule has 0 aliphatic carbocycles. The van der Waals surface area contributed by atoms with Crippen molar-refractivity contribution in [1.29, 1.82) is 0 Å². The minimum absolute atomic E-state index is 0.111. The molecule has 2 rings (SSSR count). The van der Waals surface area contributed by atoms with Crippen LogP contribution in [0.5, 0.6) is 0 Å². The van der Waals surface area contributed by atoms with Crippen LogP contribution >= 0.6 is 0 Å². The number of amides is 1. The maximum atomic E-state index is 12.4. The third-order valence-corrected chi connectivity index (χ3v) is 6.18. The Morgan fingerprint density at radius 1 is 1.48 bits per heavy atom. The number of pyridine rings is 1. The number of aromatic nitrogens is 1. The van der Waals surface area contributed by atoms with Gasteiger partial charge in [0.15, 0.2) is 9.84 Å². The van der Waals surface area contributed by atoms with Gasteiger partial charge in [-0.1, -0.05) is 13.8 Å². The average molecular weight is 310 g/mol. The molecule has 1 aliphatic heterocycles. The fraction of sp³-hybridized carbons (Fsp3) is 0.600. The molecule has 0 radical (unpaired) electrons. The summed E-state index contributed by atoms with van der Waals surface area (Å²) >= 11 is 0. The SMILES string of the molecule is CC(C)CS(=O)(=O)[C@@H]1CCCN(C(=O)c2cccnc2)C1. The molecule has 0 spiro atoms. The van der Waals surface area contributed by atoms with E-state index < -0.39 is 15.1 Å². The molecule has 1 saturated heterocycles. The quantitative estimate of drug-likeness (QED) is 0.850. The first-order valence-electron chi connectivity index (χ1n) is 7.31. The molecule has 1 fully saturated rings. The van der Waals surface area contributed by atoms with E-state index in [-0.39, 0.29) is 17.6 Å². The summed E-state index contributed by atoms with van der Waals surface area (Å²) in [5.41, 5.74) is 0.513. The van der Waals surface area contributed by atoms with Crippen molar-refractivity contribution < 1.29 is 13.2 Å². The first-order chi connectivity index (χ1) is 9.90. The standard InChI is InChI=1S/C15H22N2O3S/c1-12(2)11-21(19,20)14-6-4-8-17(10-14)15(18)13-5-3-7-16-9-13/h3,5,7,9,12,14H,4,6,8,10-11H2,1-2H3/t14-/m1/s1. The molecule has 0 bridgehead atoms. The average Bonchev–Trinajstić information content (AvgIpc) is 2.46. The van der Waals surface area contributed by atoms with Crippen molar-refractivity contribution in [2.75, 3.05) is 18.8 Å². The van der Waals surface area contributed by atoms with Crippen LogP contribution in [0.1, 0.15) is 37.0 Å². The Balaban J connectivity index is 2.09. The Bertz CT molecular complexity index is 584. The van der Waals surface area contributed by atoms with E-state index in [4.69, 9.17) is 0 Å². The van der Waals surface area contributed by atoms with Crippen molar-refractivity contribution in [3.63, 3.8) is 0 Å². The summed E-state index contributed by atoms with van der Waals surface area (Å²) in [6.45, 7) is 4.71. The van der Waals surface area contributed by atoms with E-state index in [2.05, 4.69) is 4.98 Å². The highest BCUT2D eigenvalue weighted by molar-refractivity contribution is 7.92. The highest BCUT2D eigenvalue weighted by Gasteiger charge is 2.33. The highest BCUT2D eigenvalue weighted by Crippen LogP contribution is 2.21. The number of nitrogens with zero attached hydrogens (tertiary/aromatic N) is 2. The first-order valence-corrected chi connectivity index (χ1v) is 9.02. The number of hydrogen-bond acceptors (Lipinski definition) is 4. The van der Waals surface area contributed by atoms with Gasteiger partial charge in [-0.15, -0.1) is 0 Å². The highest BCUT2D eigenvalue weighted by atomic mass is 32.2. The lowest BCUT2D eigenvalue weighted by Gasteiger charge is -2.32. The lowest BCUT2D eigenvalue weighted by molar-refractivity contribution is 0.0726. The summed E-state index contributed by atoms with van der Waals surface area (Å²) in [7, 11) is -3.14. The molecule has 0 unspecified atom stereocenters. The van der Waals surface area contributed by atoms with Gasteiger partial charge in [0.2, 0.25) is 0 Å². The van der Waals surface area contributed by atoms with Gasteiger partial charge >= 0.3 is 0 Å². The Morgan fingerprint density at radius 3 is 2.86 bits per heavy atom. The summed E-state index contributed by atoms with van der Waals surface area (Å²) in [4.78, 5) is 18.0. The van der Waals surface area contributed by atoms with Gasteiger partial charge in [-0.05, 0) is 30.9 Å². The molecule has 21 heavy (non-hydrogen) atoms. The van der Waals surface area contributed by atoms with Crippen molar-refractivity contribution in [3.8, 4) is 0 Å². The summed E-state index contributed by atoms with van der Waals surface area (Å²) in [6.07, 6.45) is 4.51. The summed E-state index contributed by atoms with van der Waals surface area (Å²) < 4.78 is 24.7. The van der Waals surface area contributed by atoms with Crippen LogP contribution in [0.25, 0.3) is 0 Å². The van der Waals surface area contributed by atoms with Crippen LogP contribution in [0.4, 0.5) is 0 Å². The van der Waals surface area contributed by atoms with E-state index in [0.717, 1.165) is 6.42 Å². The van der Waals surface area contributed by atoms with Crippen molar-refractivity contribution >= 4 is 15.7 Å².